The molecule has 29 heavy (non-hydrogen) atoms. The Labute approximate surface area is 169 Å². The zero-order valence-corrected chi connectivity index (χ0v) is 16.3. The van der Waals surface area contributed by atoms with Gasteiger partial charge >= 0.3 is 6.03 Å². The number of nitrogens with one attached hydrogen (secondary N) is 3. The van der Waals surface area contributed by atoms with Crippen LogP contribution < -0.4 is 25.4 Å². The van der Waals surface area contributed by atoms with Crippen molar-refractivity contribution in [1.82, 2.24) is 4.98 Å². The fourth-order valence-electron chi connectivity index (χ4n) is 2.34. The van der Waals surface area contributed by atoms with Gasteiger partial charge in [-0.1, -0.05) is 0 Å². The molecular weight excluding hydrogens is 399 g/mol. The fourth-order valence-corrected chi connectivity index (χ4v) is 3.02. The third-order valence-electron chi connectivity index (χ3n) is 3.70. The third kappa shape index (κ3) is 5.20. The summed E-state index contributed by atoms with van der Waals surface area (Å²) < 4.78 is 23.3. The Bertz CT molecular complexity index is 1020. The van der Waals surface area contributed by atoms with Crippen molar-refractivity contribution in [3.63, 3.8) is 0 Å². The Morgan fingerprint density at radius 3 is 2.31 bits per heavy atom. The molecule has 8 nitrogen and oxygen atoms in total. The van der Waals surface area contributed by atoms with Gasteiger partial charge in [-0.2, -0.15) is 0 Å². The number of aromatic nitrogens is 1. The molecule has 1 heterocycles. The Balaban J connectivity index is 1.61. The maximum atomic E-state index is 12.9. The van der Waals surface area contributed by atoms with Crippen molar-refractivity contribution in [3.8, 4) is 11.5 Å². The average Bonchev–Trinajstić information content (AvgIpc) is 3.18. The molecule has 0 radical (unpaired) electrons. The summed E-state index contributed by atoms with van der Waals surface area (Å²) in [6, 6.07) is 9.72. The number of rotatable bonds is 6. The zero-order valence-electron chi connectivity index (χ0n) is 15.5. The number of anilines is 3. The van der Waals surface area contributed by atoms with E-state index in [1.165, 1.54) is 43.9 Å². The van der Waals surface area contributed by atoms with Gasteiger partial charge in [-0.15, -0.1) is 11.3 Å². The van der Waals surface area contributed by atoms with Gasteiger partial charge < -0.3 is 20.1 Å². The van der Waals surface area contributed by atoms with Gasteiger partial charge in [0.15, 0.2) is 16.6 Å². The highest BCUT2D eigenvalue weighted by Gasteiger charge is 2.14. The molecule has 0 atom stereocenters. The van der Waals surface area contributed by atoms with Crippen LogP contribution in [-0.2, 0) is 0 Å². The molecule has 1 aromatic heterocycles. The number of thiazole rings is 1. The van der Waals surface area contributed by atoms with Gasteiger partial charge in [-0.25, -0.2) is 14.2 Å². The summed E-state index contributed by atoms with van der Waals surface area (Å²) >= 11 is 1.09. The summed E-state index contributed by atoms with van der Waals surface area (Å²) in [6.07, 6.45) is 0. The number of ether oxygens (including phenoxy) is 2. The molecule has 0 spiro atoms. The second kappa shape index (κ2) is 9.02. The number of benzene rings is 2. The molecule has 2 aromatic carbocycles. The minimum Gasteiger partial charge on any atom is -0.493 e. The number of carbonyl (C=O) groups is 2. The van der Waals surface area contributed by atoms with Crippen LogP contribution in [0.4, 0.5) is 25.7 Å². The molecule has 3 amide bonds. The topological polar surface area (TPSA) is 102 Å². The van der Waals surface area contributed by atoms with Crippen LogP contribution in [0.25, 0.3) is 0 Å². The second-order valence-electron chi connectivity index (χ2n) is 5.65. The largest absolute Gasteiger partial charge is 0.493 e. The SMILES string of the molecule is COc1ccc(NC(=O)c2csc(NC(=O)Nc3ccc(F)cc3)n2)cc1OC. The lowest BCUT2D eigenvalue weighted by Gasteiger charge is -2.10. The Morgan fingerprint density at radius 2 is 1.62 bits per heavy atom. The molecule has 0 saturated carbocycles. The molecule has 3 aromatic rings. The van der Waals surface area contributed by atoms with E-state index in [2.05, 4.69) is 20.9 Å². The van der Waals surface area contributed by atoms with E-state index in [1.807, 2.05) is 0 Å². The lowest BCUT2D eigenvalue weighted by Crippen LogP contribution is -2.19. The highest BCUT2D eigenvalue weighted by molar-refractivity contribution is 7.14. The molecular formula is C19H17FN4O4S. The summed E-state index contributed by atoms with van der Waals surface area (Å²) in [5.41, 5.74) is 1.07. The van der Waals surface area contributed by atoms with Gasteiger partial charge in [0, 0.05) is 22.8 Å². The number of halogens is 1. The van der Waals surface area contributed by atoms with E-state index in [-0.39, 0.29) is 10.8 Å². The van der Waals surface area contributed by atoms with Crippen LogP contribution in [0, 0.1) is 5.82 Å². The van der Waals surface area contributed by atoms with E-state index >= 15 is 0 Å². The molecule has 150 valence electrons. The highest BCUT2D eigenvalue weighted by atomic mass is 32.1. The van der Waals surface area contributed by atoms with Crippen molar-refractivity contribution in [2.75, 3.05) is 30.2 Å². The van der Waals surface area contributed by atoms with Crippen molar-refractivity contribution in [3.05, 3.63) is 59.4 Å². The van der Waals surface area contributed by atoms with Gasteiger partial charge in [0.2, 0.25) is 0 Å². The first-order valence-electron chi connectivity index (χ1n) is 8.31. The van der Waals surface area contributed by atoms with Crippen LogP contribution in [0.5, 0.6) is 11.5 Å². The van der Waals surface area contributed by atoms with E-state index in [0.717, 1.165) is 11.3 Å². The van der Waals surface area contributed by atoms with Crippen LogP contribution in [-0.4, -0.2) is 31.1 Å². The van der Waals surface area contributed by atoms with E-state index < -0.39 is 17.8 Å². The van der Waals surface area contributed by atoms with Crippen LogP contribution in [0.15, 0.2) is 47.8 Å². The van der Waals surface area contributed by atoms with E-state index in [9.17, 15) is 14.0 Å². The molecule has 0 fully saturated rings. The first-order valence-corrected chi connectivity index (χ1v) is 9.19. The summed E-state index contributed by atoms with van der Waals surface area (Å²) in [5.74, 6) is 0.169. The first-order chi connectivity index (χ1) is 14.0. The zero-order chi connectivity index (χ0) is 20.8. The lowest BCUT2D eigenvalue weighted by atomic mass is 10.2. The summed E-state index contributed by atoms with van der Waals surface area (Å²) in [7, 11) is 3.02. The molecule has 10 heteroatoms. The van der Waals surface area contributed by atoms with E-state index in [1.54, 1.807) is 18.2 Å². The van der Waals surface area contributed by atoms with Crippen molar-refractivity contribution in [1.29, 1.82) is 0 Å². The molecule has 0 aliphatic heterocycles. The van der Waals surface area contributed by atoms with Gasteiger partial charge in [0.25, 0.3) is 5.91 Å². The molecule has 0 unspecified atom stereocenters. The van der Waals surface area contributed by atoms with Gasteiger partial charge in [-0.05, 0) is 36.4 Å². The standard InChI is InChI=1S/C19H17FN4O4S/c1-27-15-8-7-13(9-16(15)28-2)21-17(25)14-10-29-19(23-14)24-18(26)22-12-5-3-11(20)4-6-12/h3-10H,1-2H3,(H,21,25)(H2,22,23,24,26). The molecule has 0 aliphatic carbocycles. The van der Waals surface area contributed by atoms with E-state index in [0.29, 0.717) is 22.9 Å². The minimum absolute atomic E-state index is 0.141. The average molecular weight is 416 g/mol. The van der Waals surface area contributed by atoms with Crippen LogP contribution in [0.3, 0.4) is 0 Å². The predicted molar refractivity (Wildman–Crippen MR) is 109 cm³/mol. The summed E-state index contributed by atoms with van der Waals surface area (Å²) in [6.45, 7) is 0. The van der Waals surface area contributed by atoms with Crippen molar-refractivity contribution in [2.24, 2.45) is 0 Å². The van der Waals surface area contributed by atoms with Gasteiger partial charge in [-0.3, -0.25) is 10.1 Å². The first kappa shape index (κ1) is 20.1. The fraction of sp³-hybridized carbons (Fsp3) is 0.105. The number of amides is 3. The quantitative estimate of drug-likeness (QED) is 0.559. The van der Waals surface area contributed by atoms with Crippen LogP contribution >= 0.6 is 11.3 Å². The Kier molecular flexibility index (Phi) is 6.25. The van der Waals surface area contributed by atoms with Crippen LogP contribution in [0.2, 0.25) is 0 Å². The number of hydrogen-bond acceptors (Lipinski definition) is 6. The Hall–Kier alpha value is -3.66. The monoisotopic (exact) mass is 416 g/mol. The molecule has 0 bridgehead atoms. The maximum absolute atomic E-state index is 12.9. The predicted octanol–water partition coefficient (Wildman–Crippen LogP) is 4.20. The molecule has 3 N–H and O–H groups in total. The van der Waals surface area contributed by atoms with Crippen molar-refractivity contribution < 1.29 is 23.5 Å². The summed E-state index contributed by atoms with van der Waals surface area (Å²) in [4.78, 5) is 28.5. The van der Waals surface area contributed by atoms with Gasteiger partial charge in [0.05, 0.1) is 14.2 Å². The number of hydrogen-bond donors (Lipinski definition) is 3. The number of carbonyl (C=O) groups excluding carboxylic acids is 2. The van der Waals surface area contributed by atoms with Gasteiger partial charge in [0.1, 0.15) is 11.5 Å². The molecule has 0 saturated heterocycles. The van der Waals surface area contributed by atoms with Crippen molar-refractivity contribution in [2.45, 2.75) is 0 Å². The normalized spacial score (nSPS) is 10.2. The second-order valence-corrected chi connectivity index (χ2v) is 6.51. The third-order valence-corrected chi connectivity index (χ3v) is 4.46. The number of nitrogens with zero attached hydrogens (tertiary/aromatic N) is 1. The number of urea groups is 1. The highest BCUT2D eigenvalue weighted by Crippen LogP contribution is 2.30. The minimum atomic E-state index is -0.558. The smallest absolute Gasteiger partial charge is 0.325 e. The van der Waals surface area contributed by atoms with Crippen LogP contribution in [0.1, 0.15) is 10.5 Å². The lowest BCUT2D eigenvalue weighted by molar-refractivity contribution is 0.102. The molecule has 3 rings (SSSR count). The summed E-state index contributed by atoms with van der Waals surface area (Å²) in [5, 5.41) is 9.52. The molecule has 0 aliphatic rings. The van der Waals surface area contributed by atoms with E-state index in [4.69, 9.17) is 9.47 Å². The van der Waals surface area contributed by atoms with Crippen molar-refractivity contribution >= 4 is 39.8 Å². The number of methoxy groups -OCH3 is 2. The maximum Gasteiger partial charge on any atom is 0.325 e. The Morgan fingerprint density at radius 1 is 0.931 bits per heavy atom.